The summed E-state index contributed by atoms with van der Waals surface area (Å²) in [5.41, 5.74) is -0.816. The van der Waals surface area contributed by atoms with Crippen molar-refractivity contribution in [2.45, 2.75) is 33.2 Å². The van der Waals surface area contributed by atoms with Crippen LogP contribution in [-0.4, -0.2) is 35.2 Å². The van der Waals surface area contributed by atoms with Gasteiger partial charge in [-0.2, -0.15) is 0 Å². The molecule has 22 heavy (non-hydrogen) atoms. The fraction of sp³-hybridized carbons (Fsp3) is 0.533. The molecule has 0 saturated heterocycles. The number of carbonyl (C=O) groups excluding carboxylic acids is 1. The van der Waals surface area contributed by atoms with Crippen LogP contribution in [0.4, 0.5) is 0 Å². The molecular formula is C15H21N3O4. The molecule has 120 valence electrons. The Morgan fingerprint density at radius 2 is 2.18 bits per heavy atom. The molecule has 1 aromatic heterocycles. The molecule has 0 aliphatic rings. The first-order chi connectivity index (χ1) is 10.5. The Hall–Kier alpha value is -2.33. The lowest BCUT2D eigenvalue weighted by molar-refractivity contribution is -0.125. The molecule has 0 aliphatic carbocycles. The summed E-state index contributed by atoms with van der Waals surface area (Å²) in [6.07, 6.45) is 2.27. The van der Waals surface area contributed by atoms with Crippen molar-refractivity contribution in [3.05, 3.63) is 32.6 Å². The van der Waals surface area contributed by atoms with Crippen molar-refractivity contribution in [2.75, 3.05) is 19.8 Å². The summed E-state index contributed by atoms with van der Waals surface area (Å²) in [6.45, 7) is 6.24. The van der Waals surface area contributed by atoms with E-state index in [2.05, 4.69) is 22.1 Å². The minimum absolute atomic E-state index is 0.00562. The molecule has 1 amide bonds. The minimum Gasteiger partial charge on any atom is -0.372 e. The molecule has 1 aromatic rings. The zero-order chi connectivity index (χ0) is 16.5. The quantitative estimate of drug-likeness (QED) is 0.572. The normalized spacial score (nSPS) is 10.2. The fourth-order valence-electron chi connectivity index (χ4n) is 1.60. The van der Waals surface area contributed by atoms with Crippen molar-refractivity contribution in [3.63, 3.8) is 0 Å². The lowest BCUT2D eigenvalue weighted by atomic mass is 10.3. The van der Waals surface area contributed by atoms with Gasteiger partial charge in [0.05, 0.1) is 6.54 Å². The lowest BCUT2D eigenvalue weighted by Gasteiger charge is -2.08. The highest BCUT2D eigenvalue weighted by Crippen LogP contribution is 1.98. The predicted octanol–water partition coefficient (Wildman–Crippen LogP) is 0.0118. The zero-order valence-corrected chi connectivity index (χ0v) is 13.1. The number of carbonyl (C=O) groups is 1. The second-order valence-corrected chi connectivity index (χ2v) is 4.93. The maximum absolute atomic E-state index is 11.6. The molecule has 0 bridgehead atoms. The molecule has 0 saturated carbocycles. The first kappa shape index (κ1) is 17.7. The molecule has 0 aromatic carbocycles. The Morgan fingerprint density at radius 1 is 1.45 bits per heavy atom. The molecule has 0 radical (unpaired) electrons. The predicted molar refractivity (Wildman–Crippen MR) is 82.7 cm³/mol. The summed E-state index contributed by atoms with van der Waals surface area (Å²) in [5, 5.41) is 2.56. The third-order valence-corrected chi connectivity index (χ3v) is 2.70. The van der Waals surface area contributed by atoms with Crippen LogP contribution >= 0.6 is 0 Å². The molecule has 7 nitrogen and oxygen atoms in total. The van der Waals surface area contributed by atoms with Gasteiger partial charge in [-0.25, -0.2) is 4.79 Å². The number of ether oxygens (including phenoxy) is 1. The van der Waals surface area contributed by atoms with Crippen molar-refractivity contribution in [1.29, 1.82) is 0 Å². The van der Waals surface area contributed by atoms with E-state index >= 15 is 0 Å². The average Bonchev–Trinajstić information content (AvgIpc) is 2.45. The van der Waals surface area contributed by atoms with E-state index in [9.17, 15) is 14.4 Å². The number of aromatic amines is 1. The summed E-state index contributed by atoms with van der Waals surface area (Å²) in [4.78, 5) is 36.8. The Balaban J connectivity index is 2.65. The largest absolute Gasteiger partial charge is 0.372 e. The Morgan fingerprint density at radius 3 is 2.82 bits per heavy atom. The van der Waals surface area contributed by atoms with E-state index in [0.717, 1.165) is 6.42 Å². The van der Waals surface area contributed by atoms with Crippen molar-refractivity contribution < 1.29 is 9.53 Å². The maximum atomic E-state index is 11.6. The van der Waals surface area contributed by atoms with Crippen LogP contribution in [0.5, 0.6) is 0 Å². The molecule has 0 atom stereocenters. The first-order valence-corrected chi connectivity index (χ1v) is 7.14. The van der Waals surface area contributed by atoms with Crippen molar-refractivity contribution >= 4 is 5.91 Å². The monoisotopic (exact) mass is 307 g/mol. The number of H-pyrrole nitrogens is 1. The summed E-state index contributed by atoms with van der Waals surface area (Å²) >= 11 is 0. The van der Waals surface area contributed by atoms with E-state index in [1.54, 1.807) is 0 Å². The SMILES string of the molecule is CCCOCC(=O)NCC#Cc1cn(C(C)C)c(=O)[nH]c1=O. The van der Waals surface area contributed by atoms with Gasteiger partial charge >= 0.3 is 5.69 Å². The lowest BCUT2D eigenvalue weighted by Crippen LogP contribution is -2.32. The van der Waals surface area contributed by atoms with Gasteiger partial charge in [0.15, 0.2) is 0 Å². The van der Waals surface area contributed by atoms with E-state index in [4.69, 9.17) is 4.74 Å². The molecule has 1 heterocycles. The van der Waals surface area contributed by atoms with Gasteiger partial charge in [0, 0.05) is 18.8 Å². The third kappa shape index (κ3) is 5.58. The van der Waals surface area contributed by atoms with Crippen LogP contribution < -0.4 is 16.6 Å². The van der Waals surface area contributed by atoms with Gasteiger partial charge < -0.3 is 10.1 Å². The van der Waals surface area contributed by atoms with E-state index < -0.39 is 11.2 Å². The number of amides is 1. The number of nitrogens with one attached hydrogen (secondary N) is 2. The second kappa shape index (κ2) is 8.85. The Kier molecular flexibility index (Phi) is 7.13. The summed E-state index contributed by atoms with van der Waals surface area (Å²) in [7, 11) is 0. The zero-order valence-electron chi connectivity index (χ0n) is 13.1. The fourth-order valence-corrected chi connectivity index (χ4v) is 1.60. The standard InChI is InChI=1S/C15H21N3O4/c1-4-8-22-10-13(19)16-7-5-6-12-9-18(11(2)3)15(21)17-14(12)20/h9,11H,4,7-8,10H2,1-3H3,(H,16,19)(H,17,20,21). The van der Waals surface area contributed by atoms with Gasteiger partial charge in [-0.1, -0.05) is 18.8 Å². The van der Waals surface area contributed by atoms with Crippen LogP contribution in [0.15, 0.2) is 15.8 Å². The van der Waals surface area contributed by atoms with E-state index in [1.807, 2.05) is 20.8 Å². The van der Waals surface area contributed by atoms with Gasteiger partial charge in [0.25, 0.3) is 5.56 Å². The first-order valence-electron chi connectivity index (χ1n) is 7.14. The molecular weight excluding hydrogens is 286 g/mol. The number of aromatic nitrogens is 2. The maximum Gasteiger partial charge on any atom is 0.328 e. The van der Waals surface area contributed by atoms with E-state index in [1.165, 1.54) is 10.8 Å². The van der Waals surface area contributed by atoms with Crippen molar-refractivity contribution in [2.24, 2.45) is 0 Å². The van der Waals surface area contributed by atoms with Gasteiger partial charge in [-0.3, -0.25) is 19.1 Å². The highest BCUT2D eigenvalue weighted by atomic mass is 16.5. The molecule has 0 unspecified atom stereocenters. The summed E-state index contributed by atoms with van der Waals surface area (Å²) < 4.78 is 6.47. The topological polar surface area (TPSA) is 93.2 Å². The minimum atomic E-state index is -0.535. The van der Waals surface area contributed by atoms with Crippen LogP contribution in [0.2, 0.25) is 0 Å². The van der Waals surface area contributed by atoms with Gasteiger partial charge in [-0.15, -0.1) is 0 Å². The van der Waals surface area contributed by atoms with E-state index in [0.29, 0.717) is 6.61 Å². The highest BCUT2D eigenvalue weighted by molar-refractivity contribution is 5.77. The molecule has 0 fully saturated rings. The Labute approximate surface area is 128 Å². The molecule has 0 aliphatic heterocycles. The summed E-state index contributed by atoms with van der Waals surface area (Å²) in [6, 6.07) is -0.0830. The van der Waals surface area contributed by atoms with Crippen LogP contribution in [-0.2, 0) is 9.53 Å². The molecule has 7 heteroatoms. The van der Waals surface area contributed by atoms with Gasteiger partial charge in [-0.05, 0) is 20.3 Å². The van der Waals surface area contributed by atoms with Gasteiger partial charge in [0.2, 0.25) is 5.91 Å². The number of hydrogen-bond donors (Lipinski definition) is 2. The molecule has 2 N–H and O–H groups in total. The van der Waals surface area contributed by atoms with Crippen molar-refractivity contribution in [1.82, 2.24) is 14.9 Å². The van der Waals surface area contributed by atoms with Crippen LogP contribution in [0.1, 0.15) is 38.8 Å². The number of rotatable bonds is 6. The Bertz CT molecular complexity index is 676. The highest BCUT2D eigenvalue weighted by Gasteiger charge is 2.05. The third-order valence-electron chi connectivity index (χ3n) is 2.70. The second-order valence-electron chi connectivity index (χ2n) is 4.93. The van der Waals surface area contributed by atoms with Crippen LogP contribution in [0.3, 0.4) is 0 Å². The van der Waals surface area contributed by atoms with Crippen LogP contribution in [0.25, 0.3) is 0 Å². The smallest absolute Gasteiger partial charge is 0.328 e. The number of nitrogens with zero attached hydrogens (tertiary/aromatic N) is 1. The average molecular weight is 307 g/mol. The van der Waals surface area contributed by atoms with Crippen molar-refractivity contribution in [3.8, 4) is 11.8 Å². The number of hydrogen-bond acceptors (Lipinski definition) is 4. The van der Waals surface area contributed by atoms with Crippen LogP contribution in [0, 0.1) is 11.8 Å². The molecule has 1 rings (SSSR count). The molecule has 0 spiro atoms. The van der Waals surface area contributed by atoms with Gasteiger partial charge in [0.1, 0.15) is 12.2 Å². The summed E-state index contributed by atoms with van der Waals surface area (Å²) in [5.74, 6) is 5.07. The van der Waals surface area contributed by atoms with E-state index in [-0.39, 0.29) is 30.7 Å².